The van der Waals surface area contributed by atoms with Gasteiger partial charge in [0, 0.05) is 23.9 Å². The van der Waals surface area contributed by atoms with Gasteiger partial charge in [-0.3, -0.25) is 4.79 Å². The van der Waals surface area contributed by atoms with E-state index in [4.69, 9.17) is 4.42 Å². The van der Waals surface area contributed by atoms with Crippen molar-refractivity contribution >= 4 is 29.2 Å². The van der Waals surface area contributed by atoms with Crippen LogP contribution >= 0.6 is 11.8 Å². The number of amides is 1. The highest BCUT2D eigenvalue weighted by Crippen LogP contribution is 2.28. The van der Waals surface area contributed by atoms with Gasteiger partial charge in [-0.15, -0.1) is 22.0 Å². The van der Waals surface area contributed by atoms with Crippen LogP contribution < -0.4 is 10.2 Å². The third kappa shape index (κ3) is 4.04. The zero-order valence-corrected chi connectivity index (χ0v) is 16.5. The Labute approximate surface area is 168 Å². The molecular formula is C21H22N4O2S. The van der Waals surface area contributed by atoms with Gasteiger partial charge >= 0.3 is 0 Å². The van der Waals surface area contributed by atoms with Crippen LogP contribution in [0.3, 0.4) is 0 Å². The summed E-state index contributed by atoms with van der Waals surface area (Å²) in [7, 11) is 0. The molecular weight excluding hydrogens is 372 g/mol. The summed E-state index contributed by atoms with van der Waals surface area (Å²) in [6.07, 6.45) is 5.24. The molecule has 0 spiro atoms. The fraction of sp³-hybridized carbons (Fsp3) is 0.286. The summed E-state index contributed by atoms with van der Waals surface area (Å²) < 4.78 is 5.35. The topological polar surface area (TPSA) is 71.3 Å². The van der Waals surface area contributed by atoms with Crippen molar-refractivity contribution in [3.63, 3.8) is 0 Å². The number of nitrogens with one attached hydrogen (secondary N) is 1. The Morgan fingerprint density at radius 2 is 1.93 bits per heavy atom. The number of hydrogen-bond acceptors (Lipinski definition) is 6. The number of rotatable bonds is 5. The van der Waals surface area contributed by atoms with Crippen LogP contribution in [0.25, 0.3) is 11.5 Å². The average molecular weight is 395 g/mol. The maximum absolute atomic E-state index is 12.7. The number of para-hydroxylation sites is 1. The molecule has 0 aliphatic carbocycles. The average Bonchev–Trinajstić information content (AvgIpc) is 3.29. The Hall–Kier alpha value is -2.80. The fourth-order valence-electron chi connectivity index (χ4n) is 3.40. The van der Waals surface area contributed by atoms with Crippen molar-refractivity contribution < 1.29 is 9.21 Å². The van der Waals surface area contributed by atoms with Crippen LogP contribution in [-0.2, 0) is 4.79 Å². The zero-order valence-electron chi connectivity index (χ0n) is 15.7. The lowest BCUT2D eigenvalue weighted by Crippen LogP contribution is -2.38. The van der Waals surface area contributed by atoms with Crippen molar-refractivity contribution in [2.75, 3.05) is 29.6 Å². The molecule has 4 rings (SSSR count). The third-order valence-corrected chi connectivity index (χ3v) is 5.77. The first-order chi connectivity index (χ1) is 13.7. The summed E-state index contributed by atoms with van der Waals surface area (Å²) in [5.41, 5.74) is 1.61. The standard InChI is InChI=1S/C21H22N4O2S/c1-28-19-7-3-2-5-17(19)22-21(26)15-10-12-25(13-11-15)20-9-8-16(23-24-20)18-6-4-14-27-18/h2-9,14-15H,10-13H2,1H3,(H,22,26). The maximum Gasteiger partial charge on any atom is 0.227 e. The van der Waals surface area contributed by atoms with Crippen LogP contribution in [0.15, 0.2) is 64.1 Å². The molecule has 1 aromatic carbocycles. The van der Waals surface area contributed by atoms with E-state index in [0.29, 0.717) is 5.76 Å². The molecule has 6 nitrogen and oxygen atoms in total. The lowest BCUT2D eigenvalue weighted by Gasteiger charge is -2.31. The molecule has 7 heteroatoms. The summed E-state index contributed by atoms with van der Waals surface area (Å²) in [5.74, 6) is 1.66. The highest BCUT2D eigenvalue weighted by Gasteiger charge is 2.26. The maximum atomic E-state index is 12.7. The number of nitrogens with zero attached hydrogens (tertiary/aromatic N) is 3. The number of benzene rings is 1. The molecule has 0 bridgehead atoms. The van der Waals surface area contributed by atoms with E-state index in [1.807, 2.05) is 54.8 Å². The summed E-state index contributed by atoms with van der Waals surface area (Å²) in [6.45, 7) is 1.58. The van der Waals surface area contributed by atoms with E-state index < -0.39 is 0 Å². The second kappa shape index (κ2) is 8.48. The predicted molar refractivity (Wildman–Crippen MR) is 112 cm³/mol. The van der Waals surface area contributed by atoms with Gasteiger partial charge in [-0.05, 0) is 55.5 Å². The summed E-state index contributed by atoms with van der Waals surface area (Å²) in [6, 6.07) is 15.5. The molecule has 1 N–H and O–H groups in total. The molecule has 1 amide bonds. The number of anilines is 2. The molecule has 2 aromatic heterocycles. The largest absolute Gasteiger partial charge is 0.463 e. The molecule has 144 valence electrons. The van der Waals surface area contributed by atoms with Crippen molar-refractivity contribution in [2.24, 2.45) is 5.92 Å². The van der Waals surface area contributed by atoms with Gasteiger partial charge in [0.2, 0.25) is 5.91 Å². The molecule has 1 aliphatic rings. The minimum atomic E-state index is 0.0153. The van der Waals surface area contributed by atoms with Gasteiger partial charge in [0.25, 0.3) is 0 Å². The van der Waals surface area contributed by atoms with Gasteiger partial charge in [0.05, 0.1) is 12.0 Å². The van der Waals surface area contributed by atoms with Crippen LogP contribution in [0.2, 0.25) is 0 Å². The van der Waals surface area contributed by atoms with Crippen LogP contribution in [-0.4, -0.2) is 35.4 Å². The van der Waals surface area contributed by atoms with E-state index in [0.717, 1.165) is 48.0 Å². The summed E-state index contributed by atoms with van der Waals surface area (Å²) in [4.78, 5) is 15.9. The third-order valence-electron chi connectivity index (χ3n) is 4.98. The van der Waals surface area contributed by atoms with Crippen molar-refractivity contribution in [3.05, 3.63) is 54.8 Å². The van der Waals surface area contributed by atoms with Crippen LogP contribution in [0.4, 0.5) is 11.5 Å². The smallest absolute Gasteiger partial charge is 0.227 e. The number of hydrogen-bond donors (Lipinski definition) is 1. The van der Waals surface area contributed by atoms with Gasteiger partial charge in [0.1, 0.15) is 5.69 Å². The van der Waals surface area contributed by atoms with Crippen LogP contribution in [0.5, 0.6) is 0 Å². The summed E-state index contributed by atoms with van der Waals surface area (Å²) in [5, 5.41) is 11.7. The van der Waals surface area contributed by atoms with Gasteiger partial charge in [-0.25, -0.2) is 0 Å². The molecule has 1 fully saturated rings. The van der Waals surface area contributed by atoms with Crippen molar-refractivity contribution in [1.82, 2.24) is 10.2 Å². The highest BCUT2D eigenvalue weighted by atomic mass is 32.2. The predicted octanol–water partition coefficient (Wildman–Crippen LogP) is 4.31. The second-order valence-electron chi connectivity index (χ2n) is 6.70. The lowest BCUT2D eigenvalue weighted by molar-refractivity contribution is -0.120. The number of thioether (sulfide) groups is 1. The number of carbonyl (C=O) groups is 1. The van der Waals surface area contributed by atoms with E-state index in [1.165, 1.54) is 0 Å². The molecule has 1 aliphatic heterocycles. The normalized spacial score (nSPS) is 14.8. The number of aromatic nitrogens is 2. The number of piperidine rings is 1. The Kier molecular flexibility index (Phi) is 5.62. The highest BCUT2D eigenvalue weighted by molar-refractivity contribution is 7.98. The Balaban J connectivity index is 1.34. The lowest BCUT2D eigenvalue weighted by atomic mass is 9.96. The van der Waals surface area contributed by atoms with E-state index >= 15 is 0 Å². The molecule has 0 unspecified atom stereocenters. The second-order valence-corrected chi connectivity index (χ2v) is 7.55. The van der Waals surface area contributed by atoms with Gasteiger partial charge in [-0.1, -0.05) is 12.1 Å². The summed E-state index contributed by atoms with van der Waals surface area (Å²) >= 11 is 1.64. The SMILES string of the molecule is CSc1ccccc1NC(=O)C1CCN(c2ccc(-c3ccco3)nn2)CC1. The first-order valence-corrected chi connectivity index (χ1v) is 10.5. The number of furan rings is 1. The van der Waals surface area contributed by atoms with E-state index in [-0.39, 0.29) is 11.8 Å². The Morgan fingerprint density at radius 3 is 2.61 bits per heavy atom. The first-order valence-electron chi connectivity index (χ1n) is 9.31. The van der Waals surface area contributed by atoms with E-state index in [9.17, 15) is 4.79 Å². The van der Waals surface area contributed by atoms with E-state index in [2.05, 4.69) is 20.4 Å². The van der Waals surface area contributed by atoms with Gasteiger partial charge in [-0.2, -0.15) is 0 Å². The fourth-order valence-corrected chi connectivity index (χ4v) is 3.96. The van der Waals surface area contributed by atoms with Crippen LogP contribution in [0, 0.1) is 5.92 Å². The molecule has 0 saturated carbocycles. The van der Waals surface area contributed by atoms with Crippen molar-refractivity contribution in [3.8, 4) is 11.5 Å². The van der Waals surface area contributed by atoms with Crippen molar-refractivity contribution in [2.45, 2.75) is 17.7 Å². The quantitative estimate of drug-likeness (QED) is 0.650. The first kappa shape index (κ1) is 18.6. The minimum Gasteiger partial charge on any atom is -0.463 e. The van der Waals surface area contributed by atoms with Crippen molar-refractivity contribution in [1.29, 1.82) is 0 Å². The molecule has 3 heterocycles. The Morgan fingerprint density at radius 1 is 1.11 bits per heavy atom. The van der Waals surface area contributed by atoms with Gasteiger partial charge in [0.15, 0.2) is 11.6 Å². The Bertz CT molecular complexity index is 920. The van der Waals surface area contributed by atoms with E-state index in [1.54, 1.807) is 18.0 Å². The van der Waals surface area contributed by atoms with Crippen LogP contribution in [0.1, 0.15) is 12.8 Å². The monoisotopic (exact) mass is 394 g/mol. The number of carbonyl (C=O) groups excluding carboxylic acids is 1. The minimum absolute atomic E-state index is 0.0153. The molecule has 1 saturated heterocycles. The molecule has 28 heavy (non-hydrogen) atoms. The molecule has 3 aromatic rings. The van der Waals surface area contributed by atoms with Gasteiger partial charge < -0.3 is 14.6 Å². The molecule has 0 radical (unpaired) electrons. The zero-order chi connectivity index (χ0) is 19.3. The molecule has 0 atom stereocenters.